The van der Waals surface area contributed by atoms with Gasteiger partial charge in [-0.3, -0.25) is 4.79 Å². The first-order valence-corrected chi connectivity index (χ1v) is 4.98. The van der Waals surface area contributed by atoms with E-state index in [1.807, 2.05) is 0 Å². The summed E-state index contributed by atoms with van der Waals surface area (Å²) in [5.74, 6) is -0.222. The van der Waals surface area contributed by atoms with Crippen LogP contribution in [0.15, 0.2) is 36.9 Å². The van der Waals surface area contributed by atoms with Crippen molar-refractivity contribution in [2.24, 2.45) is 0 Å². The minimum absolute atomic E-state index is 0.0973. The number of fused-ring (bicyclic) bond motifs is 1. The number of benzene rings is 2. The first kappa shape index (κ1) is 11.0. The number of carbonyl (C=O) groups excluding carboxylic acids is 1. The Labute approximate surface area is 97.8 Å². The molecular formula is C13H11NO3. The Kier molecular flexibility index (Phi) is 2.70. The zero-order chi connectivity index (χ0) is 12.4. The summed E-state index contributed by atoms with van der Waals surface area (Å²) in [6.07, 6.45) is 0.441. The molecule has 4 heteroatoms. The number of hydrogen-bond donors (Lipinski definition) is 3. The lowest BCUT2D eigenvalue weighted by atomic mass is 10.0. The Balaban J connectivity index is 2.71. The lowest BCUT2D eigenvalue weighted by Gasteiger charge is -2.11. The Morgan fingerprint density at radius 2 is 2.00 bits per heavy atom. The van der Waals surface area contributed by atoms with Gasteiger partial charge in [0.1, 0.15) is 11.5 Å². The molecule has 17 heavy (non-hydrogen) atoms. The quantitative estimate of drug-likeness (QED) is 0.705. The Morgan fingerprint density at radius 3 is 2.71 bits per heavy atom. The van der Waals surface area contributed by atoms with E-state index in [1.54, 1.807) is 24.3 Å². The van der Waals surface area contributed by atoms with E-state index in [-0.39, 0.29) is 22.8 Å². The van der Waals surface area contributed by atoms with Crippen molar-refractivity contribution in [2.75, 3.05) is 0 Å². The van der Waals surface area contributed by atoms with Gasteiger partial charge in [-0.1, -0.05) is 30.8 Å². The molecule has 0 heterocycles. The third-order valence-corrected chi connectivity index (χ3v) is 2.54. The summed E-state index contributed by atoms with van der Waals surface area (Å²) in [6, 6.07) is 8.59. The van der Waals surface area contributed by atoms with E-state index >= 15 is 0 Å². The van der Waals surface area contributed by atoms with E-state index in [1.165, 1.54) is 6.07 Å². The minimum Gasteiger partial charge on any atom is -0.507 e. The molecule has 0 bridgehead atoms. The van der Waals surface area contributed by atoms with Crippen LogP contribution >= 0.6 is 0 Å². The largest absolute Gasteiger partial charge is 0.507 e. The molecule has 0 saturated carbocycles. The fraction of sp³-hybridized carbons (Fsp3) is 0. The predicted molar refractivity (Wildman–Crippen MR) is 65.5 cm³/mol. The molecule has 0 aliphatic carbocycles. The summed E-state index contributed by atoms with van der Waals surface area (Å²) in [6.45, 7) is 3.58. The van der Waals surface area contributed by atoms with Gasteiger partial charge in [-0.2, -0.15) is 0 Å². The first-order valence-electron chi connectivity index (χ1n) is 4.98. The van der Waals surface area contributed by atoms with Crippen LogP contribution in [0.3, 0.4) is 0 Å². The van der Waals surface area contributed by atoms with Gasteiger partial charge < -0.3 is 15.5 Å². The van der Waals surface area contributed by atoms with Crippen LogP contribution in [-0.4, -0.2) is 16.6 Å². The molecule has 0 fully saturated rings. The predicted octanol–water partition coefficient (Wildman–Crippen LogP) is 1.97. The molecule has 2 aromatic carbocycles. The molecule has 2 rings (SSSR count). The number of rotatable bonds is 3. The van der Waals surface area contributed by atoms with E-state index in [9.17, 15) is 15.0 Å². The van der Waals surface area contributed by atoms with Crippen LogP contribution in [0.1, 0.15) is 5.56 Å². The Morgan fingerprint density at radius 1 is 1.29 bits per heavy atom. The number of phenols is 2. The molecule has 0 spiro atoms. The van der Waals surface area contributed by atoms with Gasteiger partial charge in [0.15, 0.2) is 0 Å². The highest BCUT2D eigenvalue weighted by Gasteiger charge is 2.14. The summed E-state index contributed by atoms with van der Waals surface area (Å²) in [4.78, 5) is 10.3. The van der Waals surface area contributed by atoms with E-state index in [0.29, 0.717) is 17.2 Å². The smallest absolute Gasteiger partial charge is 0.211 e. The van der Waals surface area contributed by atoms with Gasteiger partial charge in [-0.05, 0) is 11.5 Å². The maximum atomic E-state index is 10.3. The summed E-state index contributed by atoms with van der Waals surface area (Å²) in [7, 11) is 0. The van der Waals surface area contributed by atoms with Crippen LogP contribution in [0.2, 0.25) is 0 Å². The van der Waals surface area contributed by atoms with Gasteiger partial charge >= 0.3 is 0 Å². The van der Waals surface area contributed by atoms with E-state index in [4.69, 9.17) is 0 Å². The highest BCUT2D eigenvalue weighted by Crippen LogP contribution is 2.38. The Bertz CT molecular complexity index is 605. The fourth-order valence-corrected chi connectivity index (χ4v) is 1.75. The molecule has 0 radical (unpaired) electrons. The molecular weight excluding hydrogens is 218 g/mol. The van der Waals surface area contributed by atoms with Crippen LogP contribution in [0.5, 0.6) is 11.5 Å². The van der Waals surface area contributed by atoms with Crippen molar-refractivity contribution >= 4 is 22.9 Å². The zero-order valence-electron chi connectivity index (χ0n) is 8.97. The summed E-state index contributed by atoms with van der Waals surface area (Å²) >= 11 is 0. The summed E-state index contributed by atoms with van der Waals surface area (Å²) < 4.78 is 0. The third kappa shape index (κ3) is 1.80. The van der Waals surface area contributed by atoms with Crippen LogP contribution < -0.4 is 5.32 Å². The number of phenolic OH excluding ortho intramolecular Hbond substituents is 2. The number of carbonyl (C=O) groups is 1. The molecule has 0 aromatic heterocycles. The molecule has 0 atom stereocenters. The van der Waals surface area contributed by atoms with E-state index in [2.05, 4.69) is 11.9 Å². The van der Waals surface area contributed by atoms with E-state index < -0.39 is 0 Å². The maximum absolute atomic E-state index is 10.3. The second-order valence-corrected chi connectivity index (χ2v) is 3.58. The molecule has 0 aliphatic rings. The molecule has 2 aromatic rings. The molecule has 3 N–H and O–H groups in total. The average Bonchev–Trinajstić information content (AvgIpc) is 2.29. The fourth-order valence-electron chi connectivity index (χ4n) is 1.75. The zero-order valence-corrected chi connectivity index (χ0v) is 8.97. The molecule has 0 aliphatic heterocycles. The van der Waals surface area contributed by atoms with Crippen LogP contribution in [0.25, 0.3) is 16.5 Å². The topological polar surface area (TPSA) is 69.6 Å². The Hall–Kier alpha value is -2.49. The summed E-state index contributed by atoms with van der Waals surface area (Å²) in [5.41, 5.74) is 0.288. The number of aromatic hydroxyl groups is 2. The standard InChI is InChI=1S/C13H11NO3/c1-8(14-7-15)12-11(16)6-9-4-2-3-5-10(9)13(12)17/h2-7,16-17H,1H2,(H,14,15). The monoisotopic (exact) mass is 229 g/mol. The van der Waals surface area contributed by atoms with Gasteiger partial charge in [0.05, 0.1) is 5.56 Å². The molecule has 0 saturated heterocycles. The highest BCUT2D eigenvalue weighted by atomic mass is 16.3. The minimum atomic E-state index is -0.124. The molecule has 4 nitrogen and oxygen atoms in total. The van der Waals surface area contributed by atoms with Crippen molar-refractivity contribution in [1.29, 1.82) is 0 Å². The van der Waals surface area contributed by atoms with Crippen LogP contribution in [-0.2, 0) is 4.79 Å². The number of amides is 1. The van der Waals surface area contributed by atoms with Crippen molar-refractivity contribution in [3.8, 4) is 11.5 Å². The van der Waals surface area contributed by atoms with Crippen LogP contribution in [0.4, 0.5) is 0 Å². The second-order valence-electron chi connectivity index (χ2n) is 3.58. The van der Waals surface area contributed by atoms with Gasteiger partial charge in [-0.25, -0.2) is 0 Å². The SMILES string of the molecule is C=C(NC=O)c1c(O)cc2ccccc2c1O. The van der Waals surface area contributed by atoms with Gasteiger partial charge in [-0.15, -0.1) is 0 Å². The third-order valence-electron chi connectivity index (χ3n) is 2.54. The van der Waals surface area contributed by atoms with Crippen molar-refractivity contribution < 1.29 is 15.0 Å². The van der Waals surface area contributed by atoms with Crippen molar-refractivity contribution in [2.45, 2.75) is 0 Å². The maximum Gasteiger partial charge on any atom is 0.211 e. The van der Waals surface area contributed by atoms with E-state index in [0.717, 1.165) is 0 Å². The number of hydrogen-bond acceptors (Lipinski definition) is 3. The molecule has 1 amide bonds. The van der Waals surface area contributed by atoms with Gasteiger partial charge in [0.2, 0.25) is 6.41 Å². The second kappa shape index (κ2) is 4.17. The van der Waals surface area contributed by atoms with Gasteiger partial charge in [0.25, 0.3) is 0 Å². The van der Waals surface area contributed by atoms with Crippen LogP contribution in [0, 0.1) is 0 Å². The van der Waals surface area contributed by atoms with Crippen molar-refractivity contribution in [3.05, 3.63) is 42.5 Å². The average molecular weight is 229 g/mol. The molecule has 86 valence electrons. The van der Waals surface area contributed by atoms with Gasteiger partial charge in [0, 0.05) is 11.1 Å². The van der Waals surface area contributed by atoms with Crippen molar-refractivity contribution in [1.82, 2.24) is 5.32 Å². The van der Waals surface area contributed by atoms with Crippen molar-refractivity contribution in [3.63, 3.8) is 0 Å². The lowest BCUT2D eigenvalue weighted by Crippen LogP contribution is -2.08. The number of nitrogens with one attached hydrogen (secondary N) is 1. The first-order chi connectivity index (χ1) is 8.15. The lowest BCUT2D eigenvalue weighted by molar-refractivity contribution is -0.108. The summed E-state index contributed by atoms with van der Waals surface area (Å²) in [5, 5.41) is 23.5. The molecule has 0 unspecified atom stereocenters. The normalized spacial score (nSPS) is 10.1. The highest BCUT2D eigenvalue weighted by molar-refractivity contribution is 5.96.